The highest BCUT2D eigenvalue weighted by Crippen LogP contribution is 2.10. The molecular weight excluding hydrogens is 292 g/mol. The summed E-state index contributed by atoms with van der Waals surface area (Å²) < 4.78 is 23.8. The monoisotopic (exact) mass is 306 g/mol. The van der Waals surface area contributed by atoms with Gasteiger partial charge >= 0.3 is 6.03 Å². The van der Waals surface area contributed by atoms with Crippen molar-refractivity contribution < 1.29 is 13.2 Å². The minimum atomic E-state index is -3.84. The normalized spacial score (nSPS) is 10.9. The van der Waals surface area contributed by atoms with Crippen molar-refractivity contribution in [3.63, 3.8) is 0 Å². The molecule has 2 aromatic rings. The van der Waals surface area contributed by atoms with Gasteiger partial charge in [-0.05, 0) is 36.4 Å². The molecule has 0 fully saturated rings. The number of anilines is 2. The second-order valence-corrected chi connectivity index (χ2v) is 5.80. The van der Waals surface area contributed by atoms with E-state index in [1.165, 1.54) is 24.3 Å². The summed E-state index contributed by atoms with van der Waals surface area (Å²) in [5.74, 6) is 0. The lowest BCUT2D eigenvalue weighted by Gasteiger charge is -2.09. The Hall–Kier alpha value is -2.58. The van der Waals surface area contributed by atoms with Gasteiger partial charge in [0.25, 0.3) is 10.0 Å². The summed E-state index contributed by atoms with van der Waals surface area (Å²) in [5, 5.41) is 2.48. The van der Waals surface area contributed by atoms with Crippen LogP contribution in [0.4, 0.5) is 16.2 Å². The highest BCUT2D eigenvalue weighted by atomic mass is 32.2. The fourth-order valence-corrected chi connectivity index (χ4v) is 2.34. The third-order valence-corrected chi connectivity index (χ3v) is 3.78. The van der Waals surface area contributed by atoms with Gasteiger partial charge in [-0.25, -0.2) is 13.2 Å². The molecule has 0 heterocycles. The Labute approximate surface area is 122 Å². The summed E-state index contributed by atoms with van der Waals surface area (Å²) in [6, 6.07) is 13.5. The number of carbonyl (C=O) groups is 1. The van der Waals surface area contributed by atoms with Gasteiger partial charge in [0.15, 0.2) is 0 Å². The lowest BCUT2D eigenvalue weighted by molar-refractivity contribution is 0.250. The predicted molar refractivity (Wildman–Crippen MR) is 79.8 cm³/mol. The largest absolute Gasteiger partial charge is 0.399 e. The van der Waals surface area contributed by atoms with E-state index in [2.05, 4.69) is 10.7 Å². The summed E-state index contributed by atoms with van der Waals surface area (Å²) in [7, 11) is -3.84. The summed E-state index contributed by atoms with van der Waals surface area (Å²) in [4.78, 5) is 13.6. The van der Waals surface area contributed by atoms with E-state index in [0.717, 1.165) is 0 Å². The van der Waals surface area contributed by atoms with Crippen molar-refractivity contribution >= 4 is 27.4 Å². The van der Waals surface area contributed by atoms with Crippen LogP contribution in [-0.4, -0.2) is 14.4 Å². The first-order chi connectivity index (χ1) is 9.97. The molecule has 2 rings (SSSR count). The maximum absolute atomic E-state index is 11.9. The summed E-state index contributed by atoms with van der Waals surface area (Å²) in [6.07, 6.45) is 0. The van der Waals surface area contributed by atoms with E-state index in [4.69, 9.17) is 5.73 Å². The van der Waals surface area contributed by atoms with Crippen LogP contribution >= 0.6 is 0 Å². The molecule has 5 N–H and O–H groups in total. The summed E-state index contributed by atoms with van der Waals surface area (Å²) >= 11 is 0. The van der Waals surface area contributed by atoms with Gasteiger partial charge in [-0.1, -0.05) is 18.2 Å². The van der Waals surface area contributed by atoms with Gasteiger partial charge in [0.2, 0.25) is 0 Å². The Morgan fingerprint density at radius 2 is 1.57 bits per heavy atom. The highest BCUT2D eigenvalue weighted by Gasteiger charge is 2.14. The zero-order valence-corrected chi connectivity index (χ0v) is 11.7. The molecule has 0 aliphatic carbocycles. The number of hydrogen-bond donors (Lipinski definition) is 4. The third-order valence-electron chi connectivity index (χ3n) is 2.52. The Bertz CT molecular complexity index is 715. The van der Waals surface area contributed by atoms with Gasteiger partial charge in [0, 0.05) is 11.4 Å². The van der Waals surface area contributed by atoms with Gasteiger partial charge in [-0.3, -0.25) is 5.43 Å². The molecule has 0 saturated carbocycles. The van der Waals surface area contributed by atoms with Crippen molar-refractivity contribution in [1.82, 2.24) is 10.3 Å². The standard InChI is InChI=1S/C13H14N4O3S/c14-10-6-8-12(9-7-10)21(19,20)17-16-13(18)15-11-4-2-1-3-5-11/h1-9,17H,14H2,(H2,15,16,18). The van der Waals surface area contributed by atoms with Crippen LogP contribution in [0, 0.1) is 0 Å². The number of carbonyl (C=O) groups excluding carboxylic acids is 1. The van der Waals surface area contributed by atoms with Crippen LogP contribution in [0.15, 0.2) is 59.5 Å². The van der Waals surface area contributed by atoms with Crippen LogP contribution in [0.1, 0.15) is 0 Å². The van der Waals surface area contributed by atoms with Crippen LogP contribution in [0.25, 0.3) is 0 Å². The predicted octanol–water partition coefficient (Wildman–Crippen LogP) is 1.28. The van der Waals surface area contributed by atoms with Gasteiger partial charge < -0.3 is 11.1 Å². The number of nitrogen functional groups attached to an aromatic ring is 1. The molecule has 0 radical (unpaired) electrons. The van der Waals surface area contributed by atoms with Crippen LogP contribution in [0.2, 0.25) is 0 Å². The first-order valence-electron chi connectivity index (χ1n) is 5.97. The van der Waals surface area contributed by atoms with E-state index in [1.54, 1.807) is 30.3 Å². The fourth-order valence-electron chi connectivity index (χ4n) is 1.50. The molecule has 110 valence electrons. The van der Waals surface area contributed by atoms with E-state index < -0.39 is 16.1 Å². The molecule has 0 aliphatic heterocycles. The molecule has 0 atom stereocenters. The maximum Gasteiger partial charge on any atom is 0.334 e. The molecule has 0 saturated heterocycles. The van der Waals surface area contributed by atoms with Gasteiger partial charge in [-0.15, -0.1) is 4.83 Å². The number of amides is 2. The molecule has 2 aromatic carbocycles. The van der Waals surface area contributed by atoms with Gasteiger partial charge in [0.05, 0.1) is 4.90 Å². The number of sulfonamides is 1. The van der Waals surface area contributed by atoms with E-state index in [9.17, 15) is 13.2 Å². The smallest absolute Gasteiger partial charge is 0.334 e. The highest BCUT2D eigenvalue weighted by molar-refractivity contribution is 7.89. The molecule has 7 nitrogen and oxygen atoms in total. The number of hydrogen-bond acceptors (Lipinski definition) is 4. The van der Waals surface area contributed by atoms with Crippen molar-refractivity contribution in [3.8, 4) is 0 Å². The van der Waals surface area contributed by atoms with Crippen molar-refractivity contribution in [1.29, 1.82) is 0 Å². The number of hydrazine groups is 1. The topological polar surface area (TPSA) is 113 Å². The molecule has 0 aromatic heterocycles. The number of rotatable bonds is 4. The molecule has 21 heavy (non-hydrogen) atoms. The Balaban J connectivity index is 1.95. The van der Waals surface area contributed by atoms with E-state index in [0.29, 0.717) is 11.4 Å². The quantitative estimate of drug-likeness (QED) is 0.503. The molecule has 0 spiro atoms. The van der Waals surface area contributed by atoms with E-state index in [-0.39, 0.29) is 4.90 Å². The molecule has 8 heteroatoms. The van der Waals surface area contributed by atoms with Crippen LogP contribution < -0.4 is 21.3 Å². The van der Waals surface area contributed by atoms with Crippen molar-refractivity contribution in [2.24, 2.45) is 0 Å². The molecule has 0 unspecified atom stereocenters. The second kappa shape index (κ2) is 6.25. The van der Waals surface area contributed by atoms with E-state index in [1.807, 2.05) is 4.83 Å². The average molecular weight is 306 g/mol. The minimum Gasteiger partial charge on any atom is -0.399 e. The van der Waals surface area contributed by atoms with Crippen LogP contribution in [0.5, 0.6) is 0 Å². The number of nitrogens with two attached hydrogens (primary N) is 1. The zero-order chi connectivity index (χ0) is 15.3. The molecule has 2 amide bonds. The third kappa shape index (κ3) is 4.20. The van der Waals surface area contributed by atoms with Gasteiger partial charge in [-0.2, -0.15) is 0 Å². The van der Waals surface area contributed by atoms with Crippen LogP contribution in [-0.2, 0) is 10.0 Å². The van der Waals surface area contributed by atoms with Gasteiger partial charge in [0.1, 0.15) is 0 Å². The second-order valence-electron chi connectivity index (χ2n) is 4.12. The zero-order valence-electron chi connectivity index (χ0n) is 10.9. The van der Waals surface area contributed by atoms with E-state index >= 15 is 0 Å². The number of nitrogens with one attached hydrogen (secondary N) is 3. The van der Waals surface area contributed by atoms with Crippen molar-refractivity contribution in [2.75, 3.05) is 11.1 Å². The number of urea groups is 1. The summed E-state index contributed by atoms with van der Waals surface area (Å²) in [6.45, 7) is 0. The van der Waals surface area contributed by atoms with Crippen LogP contribution in [0.3, 0.4) is 0 Å². The fraction of sp³-hybridized carbons (Fsp3) is 0. The lowest BCUT2D eigenvalue weighted by Crippen LogP contribution is -2.43. The molecule has 0 bridgehead atoms. The van der Waals surface area contributed by atoms with Crippen molar-refractivity contribution in [2.45, 2.75) is 4.90 Å². The maximum atomic E-state index is 11.9. The Morgan fingerprint density at radius 1 is 0.952 bits per heavy atom. The van der Waals surface area contributed by atoms with Crippen molar-refractivity contribution in [3.05, 3.63) is 54.6 Å². The lowest BCUT2D eigenvalue weighted by atomic mass is 10.3. The Kier molecular flexibility index (Phi) is 4.41. The Morgan fingerprint density at radius 3 is 2.19 bits per heavy atom. The molecule has 0 aliphatic rings. The molecular formula is C13H14N4O3S. The SMILES string of the molecule is Nc1ccc(S(=O)(=O)NNC(=O)Nc2ccccc2)cc1. The first-order valence-corrected chi connectivity index (χ1v) is 7.45. The first kappa shape index (κ1) is 14.8. The average Bonchev–Trinajstić information content (AvgIpc) is 2.47. The summed E-state index contributed by atoms with van der Waals surface area (Å²) in [5.41, 5.74) is 8.54. The number of para-hydroxylation sites is 1. The minimum absolute atomic E-state index is 0.00305. The number of benzene rings is 2.